The van der Waals surface area contributed by atoms with Crippen LogP contribution >= 0.6 is 21.6 Å². The predicted octanol–water partition coefficient (Wildman–Crippen LogP) is 4.26. The molecule has 0 unspecified atom stereocenters. The molecule has 0 spiro atoms. The molecule has 4 aliphatic carbocycles. The van der Waals surface area contributed by atoms with Gasteiger partial charge in [-0.2, -0.15) is 0 Å². The van der Waals surface area contributed by atoms with Gasteiger partial charge < -0.3 is 10.6 Å². The molecule has 6 heteroatoms. The van der Waals surface area contributed by atoms with Crippen molar-refractivity contribution in [2.75, 3.05) is 12.3 Å². The van der Waals surface area contributed by atoms with Gasteiger partial charge in [-0.05, 0) is 68.4 Å². The number of benzene rings is 1. The molecule has 4 aliphatic rings. The van der Waals surface area contributed by atoms with E-state index in [2.05, 4.69) is 17.6 Å². The zero-order valence-electron chi connectivity index (χ0n) is 15.8. The second kappa shape index (κ2) is 8.08. The molecule has 0 heterocycles. The topological polar surface area (TPSA) is 58.2 Å². The van der Waals surface area contributed by atoms with Gasteiger partial charge in [-0.1, -0.05) is 40.6 Å². The van der Waals surface area contributed by atoms with E-state index in [1.54, 1.807) is 21.6 Å². The van der Waals surface area contributed by atoms with Gasteiger partial charge in [-0.25, -0.2) is 0 Å². The maximum Gasteiger partial charge on any atom is 0.252 e. The molecule has 5 rings (SSSR count). The molecule has 0 atom stereocenters. The van der Waals surface area contributed by atoms with Gasteiger partial charge in [-0.3, -0.25) is 9.59 Å². The monoisotopic (exact) mass is 404 g/mol. The molecule has 2 N–H and O–H groups in total. The fourth-order valence-corrected chi connectivity index (χ4v) is 7.51. The zero-order valence-corrected chi connectivity index (χ0v) is 17.5. The molecular weight excluding hydrogens is 376 g/mol. The number of amides is 2. The van der Waals surface area contributed by atoms with Gasteiger partial charge in [0.1, 0.15) is 0 Å². The highest BCUT2D eigenvalue weighted by atomic mass is 33.1. The van der Waals surface area contributed by atoms with Crippen LogP contribution in [0.5, 0.6) is 0 Å². The Kier molecular flexibility index (Phi) is 5.74. The lowest BCUT2D eigenvalue weighted by molar-refractivity contribution is -0.125. The van der Waals surface area contributed by atoms with Crippen molar-refractivity contribution in [1.82, 2.24) is 10.6 Å². The zero-order chi connectivity index (χ0) is 18.9. The normalized spacial score (nSPS) is 30.9. The number of carbonyl (C=O) groups is 2. The van der Waals surface area contributed by atoms with E-state index in [1.807, 2.05) is 24.3 Å². The molecule has 4 nitrogen and oxygen atoms in total. The van der Waals surface area contributed by atoms with Crippen molar-refractivity contribution in [3.63, 3.8) is 0 Å². The van der Waals surface area contributed by atoms with Crippen LogP contribution in [0.2, 0.25) is 0 Å². The molecule has 27 heavy (non-hydrogen) atoms. The molecule has 0 radical (unpaired) electrons. The number of nitrogens with one attached hydrogen (secondary N) is 2. The van der Waals surface area contributed by atoms with E-state index in [-0.39, 0.29) is 23.9 Å². The van der Waals surface area contributed by atoms with Crippen molar-refractivity contribution in [3.8, 4) is 0 Å². The SMILES string of the molecule is CCSSc1ccccc1C(=O)NCC(=O)NC12CC3CC(CC(C3)C1)C2. The minimum Gasteiger partial charge on any atom is -0.349 e. The van der Waals surface area contributed by atoms with E-state index < -0.39 is 0 Å². The second-order valence-corrected chi connectivity index (χ2v) is 11.0. The van der Waals surface area contributed by atoms with Crippen molar-refractivity contribution in [2.24, 2.45) is 17.8 Å². The molecule has 2 amide bonds. The molecule has 0 aromatic heterocycles. The minimum absolute atomic E-state index is 0.00207. The smallest absolute Gasteiger partial charge is 0.252 e. The van der Waals surface area contributed by atoms with E-state index in [9.17, 15) is 9.59 Å². The van der Waals surface area contributed by atoms with Gasteiger partial charge >= 0.3 is 0 Å². The van der Waals surface area contributed by atoms with Crippen LogP contribution in [-0.4, -0.2) is 29.7 Å². The van der Waals surface area contributed by atoms with Gasteiger partial charge in [0.05, 0.1) is 12.1 Å². The van der Waals surface area contributed by atoms with Crippen LogP contribution in [0.15, 0.2) is 29.2 Å². The van der Waals surface area contributed by atoms with Crippen LogP contribution < -0.4 is 10.6 Å². The van der Waals surface area contributed by atoms with Crippen molar-refractivity contribution in [1.29, 1.82) is 0 Å². The van der Waals surface area contributed by atoms with Crippen LogP contribution in [0, 0.1) is 17.8 Å². The van der Waals surface area contributed by atoms with Crippen LogP contribution in [0.25, 0.3) is 0 Å². The summed E-state index contributed by atoms with van der Waals surface area (Å²) in [6.07, 6.45) is 7.47. The van der Waals surface area contributed by atoms with Gasteiger partial charge in [0, 0.05) is 16.2 Å². The van der Waals surface area contributed by atoms with Crippen molar-refractivity contribution in [2.45, 2.75) is 55.9 Å². The third-order valence-corrected chi connectivity index (χ3v) is 8.74. The van der Waals surface area contributed by atoms with E-state index >= 15 is 0 Å². The summed E-state index contributed by atoms with van der Waals surface area (Å²) in [5.74, 6) is 3.16. The first-order valence-corrected chi connectivity index (χ1v) is 12.4. The third kappa shape index (κ3) is 4.32. The van der Waals surface area contributed by atoms with Gasteiger partial charge in [0.15, 0.2) is 0 Å². The van der Waals surface area contributed by atoms with Gasteiger partial charge in [0.2, 0.25) is 5.91 Å². The number of rotatable bonds is 7. The summed E-state index contributed by atoms with van der Waals surface area (Å²) in [7, 11) is 3.32. The lowest BCUT2D eigenvalue weighted by Gasteiger charge is -2.56. The lowest BCUT2D eigenvalue weighted by Crippen LogP contribution is -2.61. The Morgan fingerprint density at radius 1 is 1.07 bits per heavy atom. The summed E-state index contributed by atoms with van der Waals surface area (Å²) in [6, 6.07) is 7.59. The summed E-state index contributed by atoms with van der Waals surface area (Å²) in [6.45, 7) is 2.15. The molecule has 1 aromatic rings. The lowest BCUT2D eigenvalue weighted by atomic mass is 9.53. The molecular formula is C21H28N2O2S2. The van der Waals surface area contributed by atoms with Crippen LogP contribution in [0.3, 0.4) is 0 Å². The van der Waals surface area contributed by atoms with E-state index in [0.29, 0.717) is 5.56 Å². The number of hydrogen-bond acceptors (Lipinski definition) is 4. The maximum atomic E-state index is 12.6. The fraction of sp³-hybridized carbons (Fsp3) is 0.619. The summed E-state index contributed by atoms with van der Waals surface area (Å²) >= 11 is 0. The molecule has 1 aromatic carbocycles. The highest BCUT2D eigenvalue weighted by Gasteiger charge is 2.51. The molecule has 4 bridgehead atoms. The first-order valence-electron chi connectivity index (χ1n) is 10.0. The summed E-state index contributed by atoms with van der Waals surface area (Å²) in [5.41, 5.74) is 0.647. The van der Waals surface area contributed by atoms with Gasteiger partial charge in [0.25, 0.3) is 5.91 Å². The van der Waals surface area contributed by atoms with Crippen LogP contribution in [0.4, 0.5) is 0 Å². The van der Waals surface area contributed by atoms with Gasteiger partial charge in [-0.15, -0.1) is 0 Å². The quantitative estimate of drug-likeness (QED) is 0.667. The largest absolute Gasteiger partial charge is 0.349 e. The Bertz CT molecular complexity index is 687. The summed E-state index contributed by atoms with van der Waals surface area (Å²) in [4.78, 5) is 26.1. The summed E-state index contributed by atoms with van der Waals surface area (Å²) < 4.78 is 0. The Balaban J connectivity index is 1.33. The number of hydrogen-bond donors (Lipinski definition) is 2. The molecule has 0 aliphatic heterocycles. The molecule has 146 valence electrons. The van der Waals surface area contributed by atoms with Crippen molar-refractivity contribution < 1.29 is 9.59 Å². The van der Waals surface area contributed by atoms with Crippen LogP contribution in [-0.2, 0) is 4.79 Å². The Morgan fingerprint density at radius 3 is 2.33 bits per heavy atom. The first kappa shape index (κ1) is 19.2. The fourth-order valence-electron chi connectivity index (χ4n) is 5.71. The first-order chi connectivity index (χ1) is 13.1. The van der Waals surface area contributed by atoms with E-state index in [0.717, 1.165) is 47.7 Å². The van der Waals surface area contributed by atoms with E-state index in [4.69, 9.17) is 0 Å². The van der Waals surface area contributed by atoms with Crippen molar-refractivity contribution >= 4 is 33.4 Å². The average Bonchev–Trinajstić information content (AvgIpc) is 2.63. The highest BCUT2D eigenvalue weighted by Crippen LogP contribution is 2.55. The standard InChI is InChI=1S/C21H28N2O2S2/c1-2-26-27-18-6-4-3-5-17(18)20(25)22-13-19(24)23-21-10-14-7-15(11-21)9-16(8-14)12-21/h3-6,14-16H,2,7-13H2,1H3,(H,22,25)(H,23,24). The molecule has 4 fully saturated rings. The highest BCUT2D eigenvalue weighted by molar-refractivity contribution is 8.76. The molecule has 4 saturated carbocycles. The van der Waals surface area contributed by atoms with Crippen LogP contribution in [0.1, 0.15) is 55.8 Å². The minimum atomic E-state index is -0.171. The maximum absolute atomic E-state index is 12.6. The number of carbonyl (C=O) groups excluding carboxylic acids is 2. The Hall–Kier alpha value is -1.14. The summed E-state index contributed by atoms with van der Waals surface area (Å²) in [5, 5.41) is 6.14. The van der Waals surface area contributed by atoms with Crippen molar-refractivity contribution in [3.05, 3.63) is 29.8 Å². The Morgan fingerprint density at radius 2 is 1.70 bits per heavy atom. The Labute approximate surface area is 169 Å². The second-order valence-electron chi connectivity index (χ2n) is 8.41. The van der Waals surface area contributed by atoms with E-state index in [1.165, 1.54) is 19.3 Å². The molecule has 0 saturated heterocycles. The third-order valence-electron chi connectivity index (χ3n) is 6.25. The predicted molar refractivity (Wildman–Crippen MR) is 112 cm³/mol. The average molecular weight is 405 g/mol.